The van der Waals surface area contributed by atoms with E-state index >= 15 is 0 Å². The maximum Gasteiger partial charge on any atom is 0.0540 e. The summed E-state index contributed by atoms with van der Waals surface area (Å²) in [7, 11) is 0. The van der Waals surface area contributed by atoms with E-state index in [0.717, 1.165) is 10.0 Å². The molecule has 2 aromatic carbocycles. The van der Waals surface area contributed by atoms with Gasteiger partial charge in [-0.15, -0.1) is 0 Å². The van der Waals surface area contributed by atoms with Crippen molar-refractivity contribution in [1.29, 1.82) is 0 Å². The summed E-state index contributed by atoms with van der Waals surface area (Å²) in [6, 6.07) is 16.3. The van der Waals surface area contributed by atoms with Crippen LogP contribution < -0.4 is 0 Å². The maximum absolute atomic E-state index is 9.61. The Morgan fingerprint density at radius 2 is 1.71 bits per heavy atom. The molecule has 1 N–H and O–H groups in total. The van der Waals surface area contributed by atoms with Gasteiger partial charge in [0.2, 0.25) is 0 Å². The number of aliphatic hydroxyl groups is 1. The Kier molecular flexibility index (Phi) is 4.59. The molecule has 0 saturated heterocycles. The van der Waals surface area contributed by atoms with Gasteiger partial charge in [-0.1, -0.05) is 46.3 Å². The van der Waals surface area contributed by atoms with Crippen molar-refractivity contribution in [3.8, 4) is 0 Å². The van der Waals surface area contributed by atoms with E-state index in [9.17, 15) is 5.11 Å². The van der Waals surface area contributed by atoms with Crippen molar-refractivity contribution in [1.82, 2.24) is 0 Å². The lowest BCUT2D eigenvalue weighted by Gasteiger charge is -2.16. The molecule has 0 aliphatic rings. The van der Waals surface area contributed by atoms with Gasteiger partial charge in [0.15, 0.2) is 0 Å². The van der Waals surface area contributed by atoms with Crippen molar-refractivity contribution in [2.75, 3.05) is 6.61 Å². The topological polar surface area (TPSA) is 20.2 Å². The predicted molar refractivity (Wildman–Crippen MR) is 82.2 cm³/mol. The highest BCUT2D eigenvalue weighted by atomic mass is 127. The molecule has 0 fully saturated rings. The molecule has 0 radical (unpaired) electrons. The molecule has 0 amide bonds. The number of hydrogen-bond acceptors (Lipinski definition) is 1. The quantitative estimate of drug-likeness (QED) is 0.763. The Morgan fingerprint density at radius 3 is 2.29 bits per heavy atom. The van der Waals surface area contributed by atoms with Crippen LogP contribution in [0.2, 0.25) is 0 Å². The summed E-state index contributed by atoms with van der Waals surface area (Å²) in [5.41, 5.74) is 2.32. The summed E-state index contributed by atoms with van der Waals surface area (Å²) in [6.45, 7) is 0.127. The molecule has 1 nitrogen and oxygen atoms in total. The fourth-order valence-electron chi connectivity index (χ4n) is 1.84. The van der Waals surface area contributed by atoms with Crippen molar-refractivity contribution in [2.45, 2.75) is 5.92 Å². The number of hydrogen-bond donors (Lipinski definition) is 1. The fraction of sp³-hybridized carbons (Fsp3) is 0.143. The summed E-state index contributed by atoms with van der Waals surface area (Å²) in [4.78, 5) is 0. The van der Waals surface area contributed by atoms with Crippen LogP contribution in [-0.4, -0.2) is 11.7 Å². The van der Waals surface area contributed by atoms with Crippen molar-refractivity contribution in [3.63, 3.8) is 0 Å². The standard InChI is InChI=1S/C14H12BrIO/c15-11-7-5-10(6-8-11)13(9-17)12-3-1-2-4-14(12)16/h1-8,13,17H,9H2. The first-order valence-electron chi connectivity index (χ1n) is 5.33. The van der Waals surface area contributed by atoms with Crippen LogP contribution in [0.4, 0.5) is 0 Å². The van der Waals surface area contributed by atoms with Crippen LogP contribution >= 0.6 is 38.5 Å². The van der Waals surface area contributed by atoms with E-state index < -0.39 is 0 Å². The second-order valence-electron chi connectivity index (χ2n) is 3.81. The molecule has 88 valence electrons. The lowest BCUT2D eigenvalue weighted by Crippen LogP contribution is -2.07. The Labute approximate surface area is 123 Å². The van der Waals surface area contributed by atoms with Crippen LogP contribution in [0.3, 0.4) is 0 Å². The van der Waals surface area contributed by atoms with Crippen LogP contribution in [0, 0.1) is 3.57 Å². The zero-order valence-electron chi connectivity index (χ0n) is 9.11. The molecule has 0 spiro atoms. The van der Waals surface area contributed by atoms with Gasteiger partial charge in [0.25, 0.3) is 0 Å². The van der Waals surface area contributed by atoms with Crippen LogP contribution in [0.5, 0.6) is 0 Å². The molecule has 3 heteroatoms. The number of aliphatic hydroxyl groups excluding tert-OH is 1. The fourth-order valence-corrected chi connectivity index (χ4v) is 2.86. The summed E-state index contributed by atoms with van der Waals surface area (Å²) >= 11 is 5.74. The van der Waals surface area contributed by atoms with Crippen LogP contribution in [0.15, 0.2) is 53.0 Å². The van der Waals surface area contributed by atoms with Gasteiger partial charge in [-0.2, -0.15) is 0 Å². The summed E-state index contributed by atoms with van der Waals surface area (Å²) < 4.78 is 2.24. The molecule has 2 rings (SSSR count). The van der Waals surface area contributed by atoms with Crippen LogP contribution in [0.1, 0.15) is 17.0 Å². The molecule has 2 aromatic rings. The van der Waals surface area contributed by atoms with E-state index in [1.807, 2.05) is 36.4 Å². The molecule has 0 saturated carbocycles. The Balaban J connectivity index is 2.40. The Hall–Kier alpha value is -0.390. The lowest BCUT2D eigenvalue weighted by atomic mass is 9.92. The second kappa shape index (κ2) is 5.98. The summed E-state index contributed by atoms with van der Waals surface area (Å²) in [6.07, 6.45) is 0. The zero-order chi connectivity index (χ0) is 12.3. The molecular weight excluding hydrogens is 391 g/mol. The predicted octanol–water partition coefficient (Wildman–Crippen LogP) is 4.18. The molecule has 1 atom stereocenters. The Morgan fingerprint density at radius 1 is 1.06 bits per heavy atom. The number of benzene rings is 2. The van der Waals surface area contributed by atoms with E-state index in [4.69, 9.17) is 0 Å². The van der Waals surface area contributed by atoms with E-state index in [-0.39, 0.29) is 12.5 Å². The van der Waals surface area contributed by atoms with Gasteiger partial charge in [0.05, 0.1) is 6.61 Å². The molecule has 0 heterocycles. The molecule has 17 heavy (non-hydrogen) atoms. The minimum Gasteiger partial charge on any atom is -0.395 e. The highest BCUT2D eigenvalue weighted by Crippen LogP contribution is 2.28. The van der Waals surface area contributed by atoms with Gasteiger partial charge < -0.3 is 5.11 Å². The molecule has 0 aromatic heterocycles. The molecule has 0 aliphatic heterocycles. The molecular formula is C14H12BrIO. The van der Waals surface area contributed by atoms with Gasteiger partial charge in [0, 0.05) is 14.0 Å². The first-order valence-corrected chi connectivity index (χ1v) is 7.20. The molecule has 0 bridgehead atoms. The average molecular weight is 403 g/mol. The minimum absolute atomic E-state index is 0.0520. The highest BCUT2D eigenvalue weighted by Gasteiger charge is 2.15. The normalized spacial score (nSPS) is 12.4. The van der Waals surface area contributed by atoms with Gasteiger partial charge in [-0.25, -0.2) is 0 Å². The largest absolute Gasteiger partial charge is 0.395 e. The molecule has 1 unspecified atom stereocenters. The average Bonchev–Trinajstić information content (AvgIpc) is 2.35. The Bertz CT molecular complexity index is 496. The third-order valence-corrected chi connectivity index (χ3v) is 4.25. The lowest BCUT2D eigenvalue weighted by molar-refractivity contribution is 0.280. The van der Waals surface area contributed by atoms with Gasteiger partial charge in [-0.05, 0) is 51.9 Å². The van der Waals surface area contributed by atoms with E-state index in [0.29, 0.717) is 0 Å². The summed E-state index contributed by atoms with van der Waals surface area (Å²) in [5, 5.41) is 9.61. The summed E-state index contributed by atoms with van der Waals surface area (Å²) in [5.74, 6) is 0.0520. The molecule has 0 aliphatic carbocycles. The van der Waals surface area contributed by atoms with Crippen molar-refractivity contribution < 1.29 is 5.11 Å². The minimum atomic E-state index is 0.0520. The van der Waals surface area contributed by atoms with Crippen molar-refractivity contribution >= 4 is 38.5 Å². The smallest absolute Gasteiger partial charge is 0.0540 e. The monoisotopic (exact) mass is 402 g/mol. The first kappa shape index (κ1) is 13.1. The first-order chi connectivity index (χ1) is 8.22. The van der Waals surface area contributed by atoms with Crippen LogP contribution in [-0.2, 0) is 0 Å². The third-order valence-electron chi connectivity index (χ3n) is 2.74. The van der Waals surface area contributed by atoms with Gasteiger partial charge >= 0.3 is 0 Å². The maximum atomic E-state index is 9.61. The van der Waals surface area contributed by atoms with E-state index in [2.05, 4.69) is 50.7 Å². The van der Waals surface area contributed by atoms with Gasteiger partial charge in [-0.3, -0.25) is 0 Å². The van der Waals surface area contributed by atoms with Crippen molar-refractivity contribution in [3.05, 3.63) is 67.7 Å². The van der Waals surface area contributed by atoms with Gasteiger partial charge in [0.1, 0.15) is 0 Å². The number of halogens is 2. The van der Waals surface area contributed by atoms with Crippen molar-refractivity contribution in [2.24, 2.45) is 0 Å². The highest BCUT2D eigenvalue weighted by molar-refractivity contribution is 14.1. The SMILES string of the molecule is OCC(c1ccc(Br)cc1)c1ccccc1I. The zero-order valence-corrected chi connectivity index (χ0v) is 12.8. The van der Waals surface area contributed by atoms with E-state index in [1.165, 1.54) is 9.13 Å². The second-order valence-corrected chi connectivity index (χ2v) is 5.89. The number of rotatable bonds is 3. The van der Waals surface area contributed by atoms with E-state index in [1.54, 1.807) is 0 Å². The third kappa shape index (κ3) is 3.09. The van der Waals surface area contributed by atoms with Crippen LogP contribution in [0.25, 0.3) is 0 Å².